The van der Waals surface area contributed by atoms with E-state index in [1.807, 2.05) is 13.0 Å². The van der Waals surface area contributed by atoms with Crippen LogP contribution in [0.2, 0.25) is 0 Å². The van der Waals surface area contributed by atoms with Gasteiger partial charge in [-0.1, -0.05) is 6.07 Å². The van der Waals surface area contributed by atoms with Crippen LogP contribution < -0.4 is 9.04 Å². The van der Waals surface area contributed by atoms with E-state index >= 15 is 0 Å². The number of thiazole rings is 1. The van der Waals surface area contributed by atoms with E-state index in [1.54, 1.807) is 30.7 Å². The first-order chi connectivity index (χ1) is 13.4. The summed E-state index contributed by atoms with van der Waals surface area (Å²) in [5, 5.41) is 11.0. The predicted molar refractivity (Wildman–Crippen MR) is 104 cm³/mol. The van der Waals surface area contributed by atoms with Gasteiger partial charge >= 0.3 is 0 Å². The molecule has 0 aliphatic carbocycles. The van der Waals surface area contributed by atoms with Gasteiger partial charge in [-0.2, -0.15) is 5.26 Å². The van der Waals surface area contributed by atoms with E-state index in [4.69, 9.17) is 10.00 Å². The third-order valence-electron chi connectivity index (χ3n) is 4.14. The van der Waals surface area contributed by atoms with Crippen LogP contribution in [0.25, 0.3) is 0 Å². The molecule has 9 heteroatoms. The molecule has 144 valence electrons. The van der Waals surface area contributed by atoms with Gasteiger partial charge in [0.15, 0.2) is 5.13 Å². The molecule has 0 radical (unpaired) electrons. The average molecular weight is 417 g/mol. The zero-order valence-corrected chi connectivity index (χ0v) is 16.7. The Hall–Kier alpha value is -2.96. The summed E-state index contributed by atoms with van der Waals surface area (Å²) in [5.74, 6) is -0.102. The molecule has 0 aliphatic rings. The number of sulfonamides is 1. The van der Waals surface area contributed by atoms with Crippen LogP contribution in [0.15, 0.2) is 52.9 Å². The molecule has 0 saturated carbocycles. The predicted octanol–water partition coefficient (Wildman–Crippen LogP) is 3.87. The smallest absolute Gasteiger partial charge is 0.266 e. The third-order valence-corrected chi connectivity index (χ3v) is 6.78. The van der Waals surface area contributed by atoms with Crippen molar-refractivity contribution in [1.82, 2.24) is 4.98 Å². The lowest BCUT2D eigenvalue weighted by Gasteiger charge is -2.23. The topological polar surface area (TPSA) is 83.3 Å². The van der Waals surface area contributed by atoms with Crippen molar-refractivity contribution in [2.45, 2.75) is 18.4 Å². The Morgan fingerprint density at radius 1 is 1.29 bits per heavy atom. The van der Waals surface area contributed by atoms with Gasteiger partial charge < -0.3 is 4.74 Å². The summed E-state index contributed by atoms with van der Waals surface area (Å²) in [4.78, 5) is 3.96. The van der Waals surface area contributed by atoms with E-state index in [0.29, 0.717) is 5.75 Å². The molecule has 0 atom stereocenters. The molecule has 0 fully saturated rings. The number of anilines is 1. The van der Waals surface area contributed by atoms with Crippen molar-refractivity contribution in [3.05, 3.63) is 70.5 Å². The normalized spacial score (nSPS) is 11.1. The number of hydrogen-bond acceptors (Lipinski definition) is 6. The summed E-state index contributed by atoms with van der Waals surface area (Å²) >= 11 is 1.17. The summed E-state index contributed by atoms with van der Waals surface area (Å²) in [6, 6.07) is 10.2. The van der Waals surface area contributed by atoms with Crippen molar-refractivity contribution in [2.75, 3.05) is 11.4 Å². The molecular weight excluding hydrogens is 401 g/mol. The highest BCUT2D eigenvalue weighted by atomic mass is 32.2. The molecule has 6 nitrogen and oxygen atoms in total. The molecule has 3 rings (SSSR count). The fourth-order valence-electron chi connectivity index (χ4n) is 2.60. The molecule has 2 aromatic carbocycles. The maximum Gasteiger partial charge on any atom is 0.266 e. The number of nitrogens with zero attached hydrogens (tertiary/aromatic N) is 3. The lowest BCUT2D eigenvalue weighted by atomic mass is 10.1. The number of methoxy groups -OCH3 is 1. The van der Waals surface area contributed by atoms with Gasteiger partial charge in [0.25, 0.3) is 10.0 Å². The largest absolute Gasteiger partial charge is 0.497 e. The zero-order chi connectivity index (χ0) is 20.3. The second-order valence-electron chi connectivity index (χ2n) is 5.87. The molecule has 0 amide bonds. The van der Waals surface area contributed by atoms with Crippen LogP contribution in [-0.4, -0.2) is 20.5 Å². The number of nitriles is 1. The van der Waals surface area contributed by atoms with Crippen molar-refractivity contribution in [1.29, 1.82) is 5.26 Å². The Morgan fingerprint density at radius 3 is 2.68 bits per heavy atom. The number of hydrogen-bond donors (Lipinski definition) is 0. The van der Waals surface area contributed by atoms with Crippen LogP contribution in [0.5, 0.6) is 5.75 Å². The Kier molecular flexibility index (Phi) is 5.63. The maximum absolute atomic E-state index is 13.7. The highest BCUT2D eigenvalue weighted by Gasteiger charge is 2.28. The van der Waals surface area contributed by atoms with Gasteiger partial charge in [0.2, 0.25) is 0 Å². The Labute approximate surface area is 166 Å². The number of benzene rings is 2. The van der Waals surface area contributed by atoms with E-state index in [-0.39, 0.29) is 22.1 Å². The van der Waals surface area contributed by atoms with Gasteiger partial charge in [-0.25, -0.2) is 22.1 Å². The average Bonchev–Trinajstić information content (AvgIpc) is 3.21. The molecule has 0 N–H and O–H groups in total. The highest BCUT2D eigenvalue weighted by molar-refractivity contribution is 7.93. The molecule has 0 aliphatic heterocycles. The molecule has 0 saturated heterocycles. The minimum absolute atomic E-state index is 0.0327. The summed E-state index contributed by atoms with van der Waals surface area (Å²) in [6.45, 7) is 1.89. The summed E-state index contributed by atoms with van der Waals surface area (Å²) in [5.41, 5.74) is 1.29. The monoisotopic (exact) mass is 417 g/mol. The first kappa shape index (κ1) is 19.8. The molecule has 1 aromatic heterocycles. The van der Waals surface area contributed by atoms with Gasteiger partial charge in [-0.05, 0) is 48.4 Å². The molecule has 28 heavy (non-hydrogen) atoms. The lowest BCUT2D eigenvalue weighted by molar-refractivity contribution is 0.414. The fraction of sp³-hybridized carbons (Fsp3) is 0.158. The quantitative estimate of drug-likeness (QED) is 0.608. The van der Waals surface area contributed by atoms with E-state index in [1.165, 1.54) is 17.5 Å². The highest BCUT2D eigenvalue weighted by Crippen LogP contribution is 2.30. The van der Waals surface area contributed by atoms with Crippen molar-refractivity contribution in [2.24, 2.45) is 0 Å². The van der Waals surface area contributed by atoms with Gasteiger partial charge in [0, 0.05) is 11.6 Å². The number of aromatic nitrogens is 1. The number of aryl methyl sites for hydroxylation is 1. The Bertz CT molecular complexity index is 1140. The third kappa shape index (κ3) is 3.83. The minimum Gasteiger partial charge on any atom is -0.497 e. The van der Waals surface area contributed by atoms with E-state index in [9.17, 15) is 12.8 Å². The second-order valence-corrected chi connectivity index (χ2v) is 8.61. The first-order valence-electron chi connectivity index (χ1n) is 8.12. The van der Waals surface area contributed by atoms with Crippen LogP contribution in [0.1, 0.15) is 16.7 Å². The van der Waals surface area contributed by atoms with Gasteiger partial charge in [0.05, 0.1) is 24.1 Å². The first-order valence-corrected chi connectivity index (χ1v) is 10.4. The minimum atomic E-state index is -4.07. The molecule has 1 heterocycles. The van der Waals surface area contributed by atoms with Crippen LogP contribution in [-0.2, 0) is 16.6 Å². The van der Waals surface area contributed by atoms with E-state index in [2.05, 4.69) is 4.98 Å². The van der Waals surface area contributed by atoms with Gasteiger partial charge in [-0.3, -0.25) is 0 Å². The van der Waals surface area contributed by atoms with Crippen molar-refractivity contribution in [3.63, 3.8) is 0 Å². The van der Waals surface area contributed by atoms with Crippen molar-refractivity contribution >= 4 is 26.5 Å². The molecule has 0 spiro atoms. The van der Waals surface area contributed by atoms with Crippen LogP contribution in [0.3, 0.4) is 0 Å². The lowest BCUT2D eigenvalue weighted by Crippen LogP contribution is -2.31. The summed E-state index contributed by atoms with van der Waals surface area (Å²) < 4.78 is 46.6. The van der Waals surface area contributed by atoms with Gasteiger partial charge in [-0.15, -0.1) is 11.3 Å². The number of rotatable bonds is 6. The maximum atomic E-state index is 13.7. The number of ether oxygens (including phenoxy) is 1. The molecular formula is C19H16FN3O3S2. The summed E-state index contributed by atoms with van der Waals surface area (Å²) in [7, 11) is -2.51. The molecule has 0 bridgehead atoms. The van der Waals surface area contributed by atoms with Crippen LogP contribution in [0.4, 0.5) is 9.52 Å². The van der Waals surface area contributed by atoms with Crippen molar-refractivity contribution < 1.29 is 17.5 Å². The summed E-state index contributed by atoms with van der Waals surface area (Å²) in [6.07, 6.45) is 1.51. The van der Waals surface area contributed by atoms with Crippen molar-refractivity contribution in [3.8, 4) is 11.8 Å². The van der Waals surface area contributed by atoms with Gasteiger partial charge in [0.1, 0.15) is 17.6 Å². The van der Waals surface area contributed by atoms with E-state index < -0.39 is 15.8 Å². The molecule has 0 unspecified atom stereocenters. The standard InChI is InChI=1S/C19H16FN3O3S2/c1-13-9-16(26-2)4-3-14(13)12-23(19-22-7-8-27-19)28(24,25)17-5-6-18(20)15(10-17)11-21/h3-10H,12H2,1-2H3. The zero-order valence-electron chi connectivity index (χ0n) is 15.1. The van der Waals surface area contributed by atoms with Crippen LogP contribution in [0, 0.1) is 24.1 Å². The Morgan fingerprint density at radius 2 is 2.07 bits per heavy atom. The second kappa shape index (κ2) is 7.96. The van der Waals surface area contributed by atoms with E-state index in [0.717, 1.165) is 33.6 Å². The fourth-order valence-corrected chi connectivity index (χ4v) is 4.89. The van der Waals surface area contributed by atoms with Crippen LogP contribution >= 0.6 is 11.3 Å². The molecule has 3 aromatic rings. The Balaban J connectivity index is 2.07. The SMILES string of the molecule is COc1ccc(CN(c2nccs2)S(=O)(=O)c2ccc(F)c(C#N)c2)c(C)c1. The number of halogens is 1.